The van der Waals surface area contributed by atoms with Crippen LogP contribution in [0.3, 0.4) is 0 Å². The van der Waals surface area contributed by atoms with E-state index in [4.69, 9.17) is 9.47 Å². The molecule has 3 rings (SSSR count). The van der Waals surface area contributed by atoms with Crippen LogP contribution in [0.4, 0.5) is 0 Å². The molecule has 2 aromatic rings. The van der Waals surface area contributed by atoms with Crippen LogP contribution >= 0.6 is 0 Å². The minimum absolute atomic E-state index is 0.0576. The van der Waals surface area contributed by atoms with Crippen molar-refractivity contribution in [2.75, 3.05) is 20.3 Å². The molecule has 0 bridgehead atoms. The molecule has 1 aliphatic rings. The van der Waals surface area contributed by atoms with Crippen LogP contribution in [0.2, 0.25) is 0 Å². The normalized spacial score (nSPS) is 20.4. The number of nitrogens with one attached hydrogen (secondary N) is 2. The Morgan fingerprint density at radius 3 is 3.04 bits per heavy atom. The topological polar surface area (TPSA) is 76.2 Å². The van der Waals surface area contributed by atoms with Crippen LogP contribution in [-0.2, 0) is 21.5 Å². The molecule has 2 heterocycles. The van der Waals surface area contributed by atoms with Gasteiger partial charge in [-0.3, -0.25) is 4.79 Å². The number of rotatable bonds is 5. The lowest BCUT2D eigenvalue weighted by atomic mass is 9.97. The Labute approximate surface area is 135 Å². The van der Waals surface area contributed by atoms with Crippen molar-refractivity contribution in [2.24, 2.45) is 0 Å². The summed E-state index contributed by atoms with van der Waals surface area (Å²) >= 11 is 0. The summed E-state index contributed by atoms with van der Waals surface area (Å²) < 4.78 is 10.8. The van der Waals surface area contributed by atoms with Crippen molar-refractivity contribution in [3.05, 3.63) is 47.5 Å². The molecule has 0 aliphatic carbocycles. The highest BCUT2D eigenvalue weighted by Crippen LogP contribution is 2.28. The Balaban J connectivity index is 1.73. The Morgan fingerprint density at radius 2 is 2.39 bits per heavy atom. The van der Waals surface area contributed by atoms with E-state index in [-0.39, 0.29) is 5.91 Å². The standard InChI is InChI=1S/C17H21N3O3/c1-12-3-4-13(9-14(12)22-2)10-15(21)20-17(5-8-23-11-17)16-18-6-7-19-16/h3-4,6-7,9H,5,8,10-11H2,1-2H3,(H,18,19)(H,20,21). The minimum atomic E-state index is -0.560. The van der Waals surface area contributed by atoms with Crippen LogP contribution in [0, 0.1) is 6.92 Å². The van der Waals surface area contributed by atoms with E-state index in [2.05, 4.69) is 15.3 Å². The fourth-order valence-electron chi connectivity index (χ4n) is 2.91. The monoisotopic (exact) mass is 315 g/mol. The van der Waals surface area contributed by atoms with Gasteiger partial charge in [-0.2, -0.15) is 0 Å². The molecule has 1 saturated heterocycles. The number of aromatic nitrogens is 2. The van der Waals surface area contributed by atoms with Gasteiger partial charge in [-0.15, -0.1) is 0 Å². The third kappa shape index (κ3) is 3.22. The molecule has 2 N–H and O–H groups in total. The molecule has 1 unspecified atom stereocenters. The summed E-state index contributed by atoms with van der Waals surface area (Å²) in [6.45, 7) is 3.02. The van der Waals surface area contributed by atoms with Crippen LogP contribution in [-0.4, -0.2) is 36.2 Å². The Bertz CT molecular complexity index is 676. The average molecular weight is 315 g/mol. The van der Waals surface area contributed by atoms with E-state index in [1.807, 2.05) is 25.1 Å². The highest BCUT2D eigenvalue weighted by Gasteiger charge is 2.40. The molecule has 1 atom stereocenters. The molecule has 122 valence electrons. The number of aryl methyl sites for hydroxylation is 1. The van der Waals surface area contributed by atoms with Crippen molar-refractivity contribution in [3.8, 4) is 5.75 Å². The highest BCUT2D eigenvalue weighted by molar-refractivity contribution is 5.79. The summed E-state index contributed by atoms with van der Waals surface area (Å²) in [5.41, 5.74) is 1.40. The molecule has 6 heteroatoms. The number of nitrogens with zero attached hydrogens (tertiary/aromatic N) is 1. The number of hydrogen-bond acceptors (Lipinski definition) is 4. The maximum absolute atomic E-state index is 12.5. The van der Waals surface area contributed by atoms with E-state index in [0.29, 0.717) is 26.1 Å². The van der Waals surface area contributed by atoms with Gasteiger partial charge in [-0.25, -0.2) is 4.98 Å². The largest absolute Gasteiger partial charge is 0.496 e. The molecule has 0 radical (unpaired) electrons. The lowest BCUT2D eigenvalue weighted by molar-refractivity contribution is -0.122. The molecule has 1 amide bonds. The molecule has 0 saturated carbocycles. The van der Waals surface area contributed by atoms with Crippen molar-refractivity contribution in [2.45, 2.75) is 25.3 Å². The van der Waals surface area contributed by atoms with E-state index in [0.717, 1.165) is 22.7 Å². The van der Waals surface area contributed by atoms with Gasteiger partial charge in [0.15, 0.2) is 0 Å². The second kappa shape index (κ2) is 6.42. The summed E-state index contributed by atoms with van der Waals surface area (Å²) in [7, 11) is 1.63. The number of carbonyl (C=O) groups excluding carboxylic acids is 1. The average Bonchev–Trinajstić information content (AvgIpc) is 3.21. The van der Waals surface area contributed by atoms with Gasteiger partial charge < -0.3 is 19.8 Å². The lowest BCUT2D eigenvalue weighted by Gasteiger charge is -2.26. The van der Waals surface area contributed by atoms with Gasteiger partial charge >= 0.3 is 0 Å². The number of amides is 1. The Kier molecular flexibility index (Phi) is 4.34. The molecule has 1 fully saturated rings. The van der Waals surface area contributed by atoms with Gasteiger partial charge in [0.2, 0.25) is 5.91 Å². The second-order valence-electron chi connectivity index (χ2n) is 5.85. The van der Waals surface area contributed by atoms with E-state index >= 15 is 0 Å². The number of ether oxygens (including phenoxy) is 2. The first-order chi connectivity index (χ1) is 11.1. The number of carbonyl (C=O) groups is 1. The van der Waals surface area contributed by atoms with Crippen LogP contribution < -0.4 is 10.1 Å². The van der Waals surface area contributed by atoms with Crippen LogP contribution in [0.1, 0.15) is 23.4 Å². The first kappa shape index (κ1) is 15.6. The molecular weight excluding hydrogens is 294 g/mol. The van der Waals surface area contributed by atoms with Gasteiger partial charge in [0, 0.05) is 25.4 Å². The Hall–Kier alpha value is -2.34. The molecule has 1 aromatic carbocycles. The molecule has 1 aromatic heterocycles. The summed E-state index contributed by atoms with van der Waals surface area (Å²) in [6.07, 6.45) is 4.45. The van der Waals surface area contributed by atoms with E-state index in [9.17, 15) is 4.79 Å². The van der Waals surface area contributed by atoms with Crippen molar-refractivity contribution < 1.29 is 14.3 Å². The van der Waals surface area contributed by atoms with Crippen LogP contribution in [0.25, 0.3) is 0 Å². The number of hydrogen-bond donors (Lipinski definition) is 2. The predicted octanol–water partition coefficient (Wildman–Crippen LogP) is 1.70. The van der Waals surface area contributed by atoms with Gasteiger partial charge in [0.25, 0.3) is 0 Å². The predicted molar refractivity (Wildman–Crippen MR) is 85.3 cm³/mol. The fourth-order valence-corrected chi connectivity index (χ4v) is 2.91. The smallest absolute Gasteiger partial charge is 0.225 e. The molecule has 23 heavy (non-hydrogen) atoms. The maximum Gasteiger partial charge on any atom is 0.225 e. The van der Waals surface area contributed by atoms with Crippen molar-refractivity contribution in [1.82, 2.24) is 15.3 Å². The number of methoxy groups -OCH3 is 1. The minimum Gasteiger partial charge on any atom is -0.496 e. The molecule has 0 spiro atoms. The zero-order chi connectivity index (χ0) is 16.3. The van der Waals surface area contributed by atoms with Crippen molar-refractivity contribution in [1.29, 1.82) is 0 Å². The molecule has 6 nitrogen and oxygen atoms in total. The summed E-state index contributed by atoms with van der Waals surface area (Å²) in [5, 5.41) is 3.10. The second-order valence-corrected chi connectivity index (χ2v) is 5.85. The number of imidazole rings is 1. The van der Waals surface area contributed by atoms with Crippen molar-refractivity contribution >= 4 is 5.91 Å². The fraction of sp³-hybridized carbons (Fsp3) is 0.412. The van der Waals surface area contributed by atoms with Gasteiger partial charge in [0.1, 0.15) is 17.1 Å². The molecule has 1 aliphatic heterocycles. The van der Waals surface area contributed by atoms with Crippen molar-refractivity contribution in [3.63, 3.8) is 0 Å². The SMILES string of the molecule is COc1cc(CC(=O)NC2(c3ncc[nH]3)CCOC2)ccc1C. The first-order valence-corrected chi connectivity index (χ1v) is 7.65. The third-order valence-electron chi connectivity index (χ3n) is 4.19. The third-order valence-corrected chi connectivity index (χ3v) is 4.19. The zero-order valence-corrected chi connectivity index (χ0v) is 13.4. The summed E-state index contributed by atoms with van der Waals surface area (Å²) in [6, 6.07) is 5.81. The first-order valence-electron chi connectivity index (χ1n) is 7.65. The summed E-state index contributed by atoms with van der Waals surface area (Å²) in [4.78, 5) is 19.9. The maximum atomic E-state index is 12.5. The van der Waals surface area contributed by atoms with E-state index in [1.54, 1.807) is 19.5 Å². The zero-order valence-electron chi connectivity index (χ0n) is 13.4. The molecular formula is C17H21N3O3. The van der Waals surface area contributed by atoms with Gasteiger partial charge in [0.05, 0.1) is 20.1 Å². The lowest BCUT2D eigenvalue weighted by Crippen LogP contribution is -2.47. The highest BCUT2D eigenvalue weighted by atomic mass is 16.5. The van der Waals surface area contributed by atoms with Crippen LogP contribution in [0.5, 0.6) is 5.75 Å². The van der Waals surface area contributed by atoms with E-state index in [1.165, 1.54) is 0 Å². The van der Waals surface area contributed by atoms with Gasteiger partial charge in [-0.1, -0.05) is 12.1 Å². The summed E-state index contributed by atoms with van der Waals surface area (Å²) in [5.74, 6) is 1.47. The van der Waals surface area contributed by atoms with E-state index < -0.39 is 5.54 Å². The number of aromatic amines is 1. The quantitative estimate of drug-likeness (QED) is 0.880. The number of H-pyrrole nitrogens is 1. The Morgan fingerprint density at radius 1 is 1.52 bits per heavy atom. The van der Waals surface area contributed by atoms with Gasteiger partial charge in [-0.05, 0) is 24.1 Å². The van der Waals surface area contributed by atoms with Crippen LogP contribution in [0.15, 0.2) is 30.6 Å². The number of benzene rings is 1.